The van der Waals surface area contributed by atoms with E-state index in [9.17, 15) is 9.59 Å². The highest BCUT2D eigenvalue weighted by molar-refractivity contribution is 5.94. The summed E-state index contributed by atoms with van der Waals surface area (Å²) in [7, 11) is 0. The molecule has 0 saturated carbocycles. The van der Waals surface area contributed by atoms with Crippen LogP contribution in [0.2, 0.25) is 0 Å². The molecule has 0 aliphatic carbocycles. The standard InChI is InChI=1S/C10H11NO4/c1-6(12)9(13)11-8-4-2-7(3-5-8)10(14)15/h2-6,12H,1H3,(H,11,13)(H,14,15). The van der Waals surface area contributed by atoms with Gasteiger partial charge in [0.25, 0.3) is 5.91 Å². The summed E-state index contributed by atoms with van der Waals surface area (Å²) in [4.78, 5) is 21.6. The van der Waals surface area contributed by atoms with Crippen LogP contribution in [0, 0.1) is 0 Å². The largest absolute Gasteiger partial charge is 0.478 e. The average molecular weight is 209 g/mol. The van der Waals surface area contributed by atoms with Gasteiger partial charge in [-0.25, -0.2) is 4.79 Å². The van der Waals surface area contributed by atoms with Crippen LogP contribution >= 0.6 is 0 Å². The van der Waals surface area contributed by atoms with Crippen molar-refractivity contribution in [2.24, 2.45) is 0 Å². The first-order valence-corrected chi connectivity index (χ1v) is 4.33. The predicted octanol–water partition coefficient (Wildman–Crippen LogP) is 0.704. The van der Waals surface area contributed by atoms with Gasteiger partial charge in [0.1, 0.15) is 6.10 Å². The Morgan fingerprint density at radius 3 is 2.20 bits per heavy atom. The fraction of sp³-hybridized carbons (Fsp3) is 0.200. The van der Waals surface area contributed by atoms with Crippen molar-refractivity contribution < 1.29 is 19.8 Å². The number of carboxylic acid groups (broad SMARTS) is 1. The minimum Gasteiger partial charge on any atom is -0.478 e. The lowest BCUT2D eigenvalue weighted by molar-refractivity contribution is -0.123. The van der Waals surface area contributed by atoms with Crippen LogP contribution in [0.4, 0.5) is 5.69 Å². The second-order valence-electron chi connectivity index (χ2n) is 3.05. The number of aromatic carboxylic acids is 1. The van der Waals surface area contributed by atoms with Crippen molar-refractivity contribution in [3.05, 3.63) is 29.8 Å². The predicted molar refractivity (Wildman–Crippen MR) is 53.7 cm³/mol. The number of carbonyl (C=O) groups excluding carboxylic acids is 1. The smallest absolute Gasteiger partial charge is 0.335 e. The Morgan fingerprint density at radius 1 is 1.27 bits per heavy atom. The molecule has 0 fully saturated rings. The molecule has 1 aromatic carbocycles. The van der Waals surface area contributed by atoms with Crippen LogP contribution in [-0.4, -0.2) is 28.2 Å². The highest BCUT2D eigenvalue weighted by Crippen LogP contribution is 2.09. The SMILES string of the molecule is CC(O)C(=O)Nc1ccc(C(=O)O)cc1. The lowest BCUT2D eigenvalue weighted by atomic mass is 10.2. The van der Waals surface area contributed by atoms with Gasteiger partial charge in [-0.05, 0) is 31.2 Å². The first kappa shape index (κ1) is 11.2. The molecule has 15 heavy (non-hydrogen) atoms. The van der Waals surface area contributed by atoms with Gasteiger partial charge in [0, 0.05) is 5.69 Å². The van der Waals surface area contributed by atoms with E-state index in [4.69, 9.17) is 10.2 Å². The molecule has 1 atom stereocenters. The van der Waals surface area contributed by atoms with Gasteiger partial charge in [-0.3, -0.25) is 4.79 Å². The van der Waals surface area contributed by atoms with E-state index in [-0.39, 0.29) is 5.56 Å². The van der Waals surface area contributed by atoms with Crippen LogP contribution in [0.3, 0.4) is 0 Å². The van der Waals surface area contributed by atoms with Gasteiger partial charge >= 0.3 is 5.97 Å². The van der Waals surface area contributed by atoms with Crippen molar-refractivity contribution >= 4 is 17.6 Å². The highest BCUT2D eigenvalue weighted by Gasteiger charge is 2.09. The van der Waals surface area contributed by atoms with Crippen molar-refractivity contribution in [3.8, 4) is 0 Å². The first-order valence-electron chi connectivity index (χ1n) is 4.33. The second-order valence-corrected chi connectivity index (χ2v) is 3.05. The maximum atomic E-state index is 11.1. The van der Waals surface area contributed by atoms with Gasteiger partial charge < -0.3 is 15.5 Å². The summed E-state index contributed by atoms with van der Waals surface area (Å²) in [6, 6.07) is 5.67. The molecular weight excluding hydrogens is 198 g/mol. The summed E-state index contributed by atoms with van der Waals surface area (Å²) in [6.07, 6.45) is -1.09. The van der Waals surface area contributed by atoms with E-state index in [1.54, 1.807) is 0 Å². The Morgan fingerprint density at radius 2 is 1.80 bits per heavy atom. The normalized spacial score (nSPS) is 11.9. The van der Waals surface area contributed by atoms with Crippen molar-refractivity contribution in [2.45, 2.75) is 13.0 Å². The molecule has 80 valence electrons. The van der Waals surface area contributed by atoms with Gasteiger partial charge in [0.15, 0.2) is 0 Å². The minimum atomic E-state index is -1.09. The van der Waals surface area contributed by atoms with Crippen LogP contribution in [0.25, 0.3) is 0 Å². The zero-order valence-corrected chi connectivity index (χ0v) is 8.10. The van der Waals surface area contributed by atoms with E-state index >= 15 is 0 Å². The molecule has 1 rings (SSSR count). The highest BCUT2D eigenvalue weighted by atomic mass is 16.4. The van der Waals surface area contributed by atoms with E-state index in [0.717, 1.165) is 0 Å². The molecule has 1 unspecified atom stereocenters. The van der Waals surface area contributed by atoms with Gasteiger partial charge in [-0.15, -0.1) is 0 Å². The number of benzene rings is 1. The number of carboxylic acids is 1. The number of anilines is 1. The summed E-state index contributed by atoms with van der Waals surface area (Å²) < 4.78 is 0. The molecule has 0 aromatic heterocycles. The van der Waals surface area contributed by atoms with Crippen molar-refractivity contribution in [2.75, 3.05) is 5.32 Å². The van der Waals surface area contributed by atoms with E-state index in [0.29, 0.717) is 5.69 Å². The zero-order valence-electron chi connectivity index (χ0n) is 8.10. The van der Waals surface area contributed by atoms with Crippen LogP contribution in [0.5, 0.6) is 0 Å². The number of hydrogen-bond donors (Lipinski definition) is 3. The lowest BCUT2D eigenvalue weighted by Gasteiger charge is -2.06. The molecule has 0 radical (unpaired) electrons. The average Bonchev–Trinajstić information content (AvgIpc) is 2.18. The molecule has 3 N–H and O–H groups in total. The van der Waals surface area contributed by atoms with E-state index in [2.05, 4.69) is 5.32 Å². The molecule has 0 heterocycles. The molecule has 0 aliphatic rings. The molecule has 0 aliphatic heterocycles. The quantitative estimate of drug-likeness (QED) is 0.684. The maximum absolute atomic E-state index is 11.1. The summed E-state index contributed by atoms with van der Waals surface area (Å²) in [6.45, 7) is 1.35. The fourth-order valence-corrected chi connectivity index (χ4v) is 0.943. The molecule has 1 aromatic rings. The number of rotatable bonds is 3. The van der Waals surface area contributed by atoms with Crippen molar-refractivity contribution in [1.29, 1.82) is 0 Å². The van der Waals surface area contributed by atoms with Crippen LogP contribution in [0.1, 0.15) is 17.3 Å². The number of hydrogen-bond acceptors (Lipinski definition) is 3. The Balaban J connectivity index is 2.73. The van der Waals surface area contributed by atoms with Crippen molar-refractivity contribution in [1.82, 2.24) is 0 Å². The van der Waals surface area contributed by atoms with Gasteiger partial charge in [0.05, 0.1) is 5.56 Å². The van der Waals surface area contributed by atoms with Crippen molar-refractivity contribution in [3.63, 3.8) is 0 Å². The van der Waals surface area contributed by atoms with E-state index in [1.807, 2.05) is 0 Å². The summed E-state index contributed by atoms with van der Waals surface area (Å²) in [5, 5.41) is 20.0. The van der Waals surface area contributed by atoms with Gasteiger partial charge in [-0.2, -0.15) is 0 Å². The summed E-state index contributed by atoms with van der Waals surface area (Å²) in [5.74, 6) is -1.55. The number of aliphatic hydroxyl groups is 1. The van der Waals surface area contributed by atoms with Crippen LogP contribution < -0.4 is 5.32 Å². The Bertz CT molecular complexity index is 370. The van der Waals surface area contributed by atoms with Crippen LogP contribution in [-0.2, 0) is 4.79 Å². The molecular formula is C10H11NO4. The number of amides is 1. The molecule has 0 saturated heterocycles. The molecule has 5 nitrogen and oxygen atoms in total. The molecule has 1 amide bonds. The third-order valence-electron chi connectivity index (χ3n) is 1.78. The van der Waals surface area contributed by atoms with Crippen LogP contribution in [0.15, 0.2) is 24.3 Å². The lowest BCUT2D eigenvalue weighted by Crippen LogP contribution is -2.24. The Kier molecular flexibility index (Phi) is 3.41. The molecule has 0 spiro atoms. The third-order valence-corrected chi connectivity index (χ3v) is 1.78. The second kappa shape index (κ2) is 4.56. The summed E-state index contributed by atoms with van der Waals surface area (Å²) >= 11 is 0. The Hall–Kier alpha value is -1.88. The van der Waals surface area contributed by atoms with E-state index in [1.165, 1.54) is 31.2 Å². The maximum Gasteiger partial charge on any atom is 0.335 e. The Labute approximate surface area is 86.4 Å². The topological polar surface area (TPSA) is 86.6 Å². The minimum absolute atomic E-state index is 0.144. The van der Waals surface area contributed by atoms with Gasteiger partial charge in [0.2, 0.25) is 0 Å². The number of aliphatic hydroxyl groups excluding tert-OH is 1. The number of carbonyl (C=O) groups is 2. The summed E-state index contributed by atoms with van der Waals surface area (Å²) in [5.41, 5.74) is 0.593. The number of nitrogens with one attached hydrogen (secondary N) is 1. The first-order chi connectivity index (χ1) is 7.00. The fourth-order valence-electron chi connectivity index (χ4n) is 0.943. The third kappa shape index (κ3) is 3.07. The monoisotopic (exact) mass is 209 g/mol. The van der Waals surface area contributed by atoms with Gasteiger partial charge in [-0.1, -0.05) is 0 Å². The molecule has 0 bridgehead atoms. The van der Waals surface area contributed by atoms with E-state index < -0.39 is 18.0 Å². The molecule has 5 heteroatoms. The zero-order chi connectivity index (χ0) is 11.4.